The molecule has 2 aromatic heterocycles. The maximum absolute atomic E-state index is 5.86. The zero-order valence-corrected chi connectivity index (χ0v) is 13.2. The minimum absolute atomic E-state index is 0.136. The number of hydrogen-bond acceptors (Lipinski definition) is 7. The largest absolute Gasteiger partial charge is 0.383 e. The molecule has 3 aromatic rings. The molecular formula is C17H18N6O. The van der Waals surface area contributed by atoms with Gasteiger partial charge in [0.1, 0.15) is 12.1 Å². The molecule has 122 valence electrons. The maximum Gasteiger partial charge on any atom is 0.244 e. The zero-order valence-electron chi connectivity index (χ0n) is 13.2. The average Bonchev–Trinajstić information content (AvgIpc) is 3.25. The van der Waals surface area contributed by atoms with Gasteiger partial charge in [-0.05, 0) is 24.9 Å². The van der Waals surface area contributed by atoms with Gasteiger partial charge >= 0.3 is 0 Å². The Morgan fingerprint density at radius 2 is 2.12 bits per heavy atom. The summed E-state index contributed by atoms with van der Waals surface area (Å²) in [6.45, 7) is 1.90. The second-order valence-electron chi connectivity index (χ2n) is 5.89. The Labute approximate surface area is 139 Å². The molecule has 2 N–H and O–H groups in total. The Hall–Kier alpha value is -2.80. The van der Waals surface area contributed by atoms with Crippen LogP contribution in [-0.4, -0.2) is 31.6 Å². The molecule has 0 saturated carbocycles. The molecule has 0 aliphatic carbocycles. The lowest BCUT2D eigenvalue weighted by Crippen LogP contribution is -2.23. The Kier molecular flexibility index (Phi) is 3.92. The van der Waals surface area contributed by atoms with Crippen molar-refractivity contribution < 1.29 is 4.52 Å². The van der Waals surface area contributed by atoms with Gasteiger partial charge in [-0.15, -0.1) is 0 Å². The summed E-state index contributed by atoms with van der Waals surface area (Å²) in [4.78, 5) is 14.9. The summed E-state index contributed by atoms with van der Waals surface area (Å²) in [6.07, 6.45) is 5.13. The van der Waals surface area contributed by atoms with E-state index in [0.29, 0.717) is 23.1 Å². The van der Waals surface area contributed by atoms with Crippen LogP contribution in [0.2, 0.25) is 0 Å². The number of aromatic nitrogens is 4. The van der Waals surface area contributed by atoms with Gasteiger partial charge in [-0.25, -0.2) is 9.97 Å². The van der Waals surface area contributed by atoms with E-state index in [-0.39, 0.29) is 6.04 Å². The van der Waals surface area contributed by atoms with Gasteiger partial charge in [-0.3, -0.25) is 4.90 Å². The summed E-state index contributed by atoms with van der Waals surface area (Å²) in [5.41, 5.74) is 7.74. The van der Waals surface area contributed by atoms with E-state index in [9.17, 15) is 0 Å². The first-order chi connectivity index (χ1) is 11.8. The minimum atomic E-state index is 0.136. The summed E-state index contributed by atoms with van der Waals surface area (Å²) < 4.78 is 5.51. The summed E-state index contributed by atoms with van der Waals surface area (Å²) in [5.74, 6) is 1.42. The lowest BCUT2D eigenvalue weighted by molar-refractivity contribution is 0.201. The normalized spacial score (nSPS) is 18.1. The van der Waals surface area contributed by atoms with Crippen LogP contribution in [0.3, 0.4) is 0 Å². The van der Waals surface area contributed by atoms with Crippen molar-refractivity contribution in [3.63, 3.8) is 0 Å². The van der Waals surface area contributed by atoms with Gasteiger partial charge in [0.05, 0.1) is 11.6 Å². The maximum atomic E-state index is 5.86. The van der Waals surface area contributed by atoms with Gasteiger partial charge in [0.25, 0.3) is 0 Å². The van der Waals surface area contributed by atoms with Crippen LogP contribution in [-0.2, 0) is 6.54 Å². The molecule has 1 unspecified atom stereocenters. The summed E-state index contributed by atoms with van der Waals surface area (Å²) >= 11 is 0. The topological polar surface area (TPSA) is 94.0 Å². The molecule has 0 spiro atoms. The van der Waals surface area contributed by atoms with E-state index in [1.165, 1.54) is 11.9 Å². The van der Waals surface area contributed by atoms with Gasteiger partial charge in [0.2, 0.25) is 11.7 Å². The summed E-state index contributed by atoms with van der Waals surface area (Å²) in [6, 6.07) is 10.6. The predicted octanol–water partition coefficient (Wildman–Crippen LogP) is 2.45. The van der Waals surface area contributed by atoms with Crippen molar-refractivity contribution in [2.45, 2.75) is 25.4 Å². The fourth-order valence-electron chi connectivity index (χ4n) is 3.10. The van der Waals surface area contributed by atoms with Crippen molar-refractivity contribution in [1.29, 1.82) is 0 Å². The van der Waals surface area contributed by atoms with Gasteiger partial charge in [0, 0.05) is 12.7 Å². The molecule has 1 atom stereocenters. The lowest BCUT2D eigenvalue weighted by atomic mass is 10.2. The molecule has 3 heterocycles. The third-order valence-electron chi connectivity index (χ3n) is 4.30. The molecular weight excluding hydrogens is 304 g/mol. The van der Waals surface area contributed by atoms with E-state index in [1.54, 1.807) is 6.20 Å². The number of nitrogen functional groups attached to an aromatic ring is 1. The fourth-order valence-corrected chi connectivity index (χ4v) is 3.10. The van der Waals surface area contributed by atoms with Crippen LogP contribution in [0, 0.1) is 0 Å². The molecule has 1 saturated heterocycles. The van der Waals surface area contributed by atoms with Crippen LogP contribution >= 0.6 is 0 Å². The highest BCUT2D eigenvalue weighted by Gasteiger charge is 2.31. The number of likely N-dealkylation sites (tertiary alicyclic amines) is 1. The van der Waals surface area contributed by atoms with E-state index in [4.69, 9.17) is 10.3 Å². The first kappa shape index (κ1) is 14.8. The second kappa shape index (κ2) is 6.37. The molecule has 4 rings (SSSR count). The van der Waals surface area contributed by atoms with Crippen molar-refractivity contribution in [3.8, 4) is 11.4 Å². The van der Waals surface area contributed by atoms with Crippen molar-refractivity contribution in [2.24, 2.45) is 0 Å². The zero-order chi connectivity index (χ0) is 16.4. The van der Waals surface area contributed by atoms with Gasteiger partial charge in [0.15, 0.2) is 0 Å². The quantitative estimate of drug-likeness (QED) is 0.788. The molecule has 1 aromatic carbocycles. The molecule has 1 aliphatic rings. The summed E-state index contributed by atoms with van der Waals surface area (Å²) in [7, 11) is 0. The van der Waals surface area contributed by atoms with E-state index in [2.05, 4.69) is 49.3 Å². The highest BCUT2D eigenvalue weighted by molar-refractivity contribution is 5.66. The highest BCUT2D eigenvalue weighted by Crippen LogP contribution is 2.33. The smallest absolute Gasteiger partial charge is 0.244 e. The molecule has 0 bridgehead atoms. The van der Waals surface area contributed by atoms with Gasteiger partial charge in [-0.1, -0.05) is 35.5 Å². The number of hydrogen-bond donors (Lipinski definition) is 1. The van der Waals surface area contributed by atoms with Crippen LogP contribution in [0.25, 0.3) is 11.4 Å². The number of nitrogens with two attached hydrogens (primary N) is 1. The molecule has 1 fully saturated rings. The molecule has 0 amide bonds. The van der Waals surface area contributed by atoms with E-state index < -0.39 is 0 Å². The summed E-state index contributed by atoms with van der Waals surface area (Å²) in [5, 5.41) is 4.06. The van der Waals surface area contributed by atoms with E-state index in [1.807, 2.05) is 6.07 Å². The Balaban J connectivity index is 1.56. The number of rotatable bonds is 4. The minimum Gasteiger partial charge on any atom is -0.383 e. The Morgan fingerprint density at radius 3 is 2.96 bits per heavy atom. The molecule has 7 heteroatoms. The highest BCUT2D eigenvalue weighted by atomic mass is 16.5. The van der Waals surface area contributed by atoms with Gasteiger partial charge < -0.3 is 10.3 Å². The third kappa shape index (κ3) is 2.85. The van der Waals surface area contributed by atoms with Crippen molar-refractivity contribution >= 4 is 5.82 Å². The number of benzene rings is 1. The van der Waals surface area contributed by atoms with Gasteiger partial charge in [-0.2, -0.15) is 4.98 Å². The van der Waals surface area contributed by atoms with Crippen LogP contribution in [0.15, 0.2) is 47.4 Å². The molecule has 7 nitrogen and oxygen atoms in total. The van der Waals surface area contributed by atoms with Crippen LogP contribution in [0.1, 0.15) is 30.3 Å². The second-order valence-corrected chi connectivity index (χ2v) is 5.89. The van der Waals surface area contributed by atoms with Crippen molar-refractivity contribution in [1.82, 2.24) is 25.0 Å². The van der Waals surface area contributed by atoms with E-state index >= 15 is 0 Å². The fraction of sp³-hybridized carbons (Fsp3) is 0.294. The Bertz CT molecular complexity index is 819. The van der Waals surface area contributed by atoms with Crippen molar-refractivity contribution in [2.75, 3.05) is 12.3 Å². The standard InChI is InChI=1S/C17H18N6O/c18-15-13(9-19-11-20-15)16-21-17(24-22-16)14-7-4-8-23(14)10-12-5-2-1-3-6-12/h1-3,5-6,9,11,14H,4,7-8,10H2,(H2,18,19,20). The SMILES string of the molecule is Nc1ncncc1-c1noc(C2CCCN2Cc2ccccc2)n1. The molecule has 24 heavy (non-hydrogen) atoms. The molecule has 0 radical (unpaired) electrons. The Morgan fingerprint density at radius 1 is 1.25 bits per heavy atom. The van der Waals surface area contributed by atoms with Crippen LogP contribution < -0.4 is 5.73 Å². The third-order valence-corrected chi connectivity index (χ3v) is 4.30. The average molecular weight is 322 g/mol. The first-order valence-electron chi connectivity index (χ1n) is 7.98. The number of anilines is 1. The predicted molar refractivity (Wildman–Crippen MR) is 88.6 cm³/mol. The van der Waals surface area contributed by atoms with Crippen molar-refractivity contribution in [3.05, 3.63) is 54.3 Å². The first-order valence-corrected chi connectivity index (χ1v) is 7.98. The van der Waals surface area contributed by atoms with Crippen LogP contribution in [0.5, 0.6) is 0 Å². The lowest BCUT2D eigenvalue weighted by Gasteiger charge is -2.21. The molecule has 1 aliphatic heterocycles. The van der Waals surface area contributed by atoms with Crippen LogP contribution in [0.4, 0.5) is 5.82 Å². The number of nitrogens with zero attached hydrogens (tertiary/aromatic N) is 5. The van der Waals surface area contributed by atoms with E-state index in [0.717, 1.165) is 25.9 Å². The monoisotopic (exact) mass is 322 g/mol.